The summed E-state index contributed by atoms with van der Waals surface area (Å²) in [4.78, 5) is 17.4. The van der Waals surface area contributed by atoms with Gasteiger partial charge < -0.3 is 0 Å². The number of halogens is 2. The van der Waals surface area contributed by atoms with E-state index in [0.717, 1.165) is 39.1 Å². The maximum atomic E-state index is 12.3. The minimum Gasteiger partial charge on any atom is -0.259 e. The molecule has 4 nitrogen and oxygen atoms in total. The average molecular weight is 478 g/mol. The van der Waals surface area contributed by atoms with Crippen LogP contribution in [0.5, 0.6) is 0 Å². The second-order valence-corrected chi connectivity index (χ2v) is 9.26. The van der Waals surface area contributed by atoms with Gasteiger partial charge in [0.05, 0.1) is 16.7 Å². The molecule has 2 heterocycles. The lowest BCUT2D eigenvalue weighted by Gasteiger charge is -2.24. The SMILES string of the molecule is O=C1N=C(N2N=C(c3ccccc3)C[C@@H]2c2ccc(Cl)cc2)/C(=C/c2ccc(Cl)cc2)S1. The normalized spacial score (nSPS) is 19.4. The molecule has 1 atom stereocenters. The maximum absolute atomic E-state index is 12.3. The fraction of sp³-hybridized carbons (Fsp3) is 0.0800. The topological polar surface area (TPSA) is 45.0 Å². The molecule has 1 amide bonds. The van der Waals surface area contributed by atoms with Crippen molar-refractivity contribution in [2.45, 2.75) is 12.5 Å². The van der Waals surface area contributed by atoms with Crippen molar-refractivity contribution in [2.24, 2.45) is 10.1 Å². The van der Waals surface area contributed by atoms with Crippen LogP contribution in [0.2, 0.25) is 10.0 Å². The summed E-state index contributed by atoms with van der Waals surface area (Å²) in [5.41, 5.74) is 3.99. The molecule has 0 aliphatic carbocycles. The highest BCUT2D eigenvalue weighted by molar-refractivity contribution is 8.18. The summed E-state index contributed by atoms with van der Waals surface area (Å²) in [5.74, 6) is 0.556. The van der Waals surface area contributed by atoms with Crippen LogP contribution in [0.15, 0.2) is 93.9 Å². The molecule has 0 spiro atoms. The molecule has 2 aliphatic heterocycles. The van der Waals surface area contributed by atoms with Gasteiger partial charge in [0, 0.05) is 16.5 Å². The Hall–Kier alpha value is -2.86. The number of carbonyl (C=O) groups excluding carboxylic acids is 1. The Balaban J connectivity index is 1.56. The van der Waals surface area contributed by atoms with Gasteiger partial charge in [-0.2, -0.15) is 10.1 Å². The third-order valence-electron chi connectivity index (χ3n) is 5.27. The molecule has 0 fully saturated rings. The number of benzene rings is 3. The van der Waals surface area contributed by atoms with E-state index < -0.39 is 0 Å². The molecule has 0 saturated carbocycles. The largest absolute Gasteiger partial charge is 0.311 e. The third-order valence-corrected chi connectivity index (χ3v) is 6.56. The Kier molecular flexibility index (Phi) is 5.87. The lowest BCUT2D eigenvalue weighted by atomic mass is 9.98. The number of hydrazone groups is 1. The van der Waals surface area contributed by atoms with E-state index in [9.17, 15) is 4.79 Å². The van der Waals surface area contributed by atoms with Gasteiger partial charge in [0.1, 0.15) is 0 Å². The van der Waals surface area contributed by atoms with Crippen molar-refractivity contribution in [2.75, 3.05) is 0 Å². The van der Waals surface area contributed by atoms with Crippen LogP contribution in [0.3, 0.4) is 0 Å². The van der Waals surface area contributed by atoms with E-state index >= 15 is 0 Å². The first kappa shape index (κ1) is 21.0. The Morgan fingerprint density at radius 2 is 1.56 bits per heavy atom. The van der Waals surface area contributed by atoms with Crippen LogP contribution in [-0.2, 0) is 0 Å². The fourth-order valence-electron chi connectivity index (χ4n) is 3.73. The number of rotatable bonds is 3. The summed E-state index contributed by atoms with van der Waals surface area (Å²) in [6, 6.07) is 25.2. The van der Waals surface area contributed by atoms with Gasteiger partial charge in [-0.3, -0.25) is 4.79 Å². The first-order valence-corrected chi connectivity index (χ1v) is 11.6. The molecular formula is C25H17Cl2N3OS. The zero-order valence-corrected chi connectivity index (χ0v) is 19.1. The van der Waals surface area contributed by atoms with Crippen molar-refractivity contribution in [3.05, 3.63) is 111 Å². The van der Waals surface area contributed by atoms with Crippen LogP contribution in [0.1, 0.15) is 29.2 Å². The van der Waals surface area contributed by atoms with Gasteiger partial charge in [-0.05, 0) is 58.8 Å². The number of carbonyl (C=O) groups is 1. The monoisotopic (exact) mass is 477 g/mol. The second kappa shape index (κ2) is 8.94. The van der Waals surface area contributed by atoms with Crippen molar-refractivity contribution in [3.63, 3.8) is 0 Å². The van der Waals surface area contributed by atoms with E-state index in [4.69, 9.17) is 28.3 Å². The molecule has 2 aliphatic rings. The van der Waals surface area contributed by atoms with Crippen LogP contribution in [0, 0.1) is 0 Å². The molecule has 3 aromatic rings. The van der Waals surface area contributed by atoms with Gasteiger partial charge in [-0.15, -0.1) is 0 Å². The number of amidine groups is 1. The summed E-state index contributed by atoms with van der Waals surface area (Å²) >= 11 is 13.2. The molecule has 0 saturated heterocycles. The van der Waals surface area contributed by atoms with Crippen LogP contribution in [0.25, 0.3) is 6.08 Å². The lowest BCUT2D eigenvalue weighted by Crippen LogP contribution is -2.26. The van der Waals surface area contributed by atoms with E-state index in [1.54, 1.807) is 0 Å². The molecule has 0 N–H and O–H groups in total. The zero-order valence-electron chi connectivity index (χ0n) is 16.8. The van der Waals surface area contributed by atoms with Gasteiger partial charge >= 0.3 is 5.24 Å². The molecule has 0 aromatic heterocycles. The molecule has 0 unspecified atom stereocenters. The molecule has 32 heavy (non-hydrogen) atoms. The zero-order chi connectivity index (χ0) is 22.1. The molecule has 0 bridgehead atoms. The first-order valence-electron chi connectivity index (χ1n) is 10.0. The first-order chi connectivity index (χ1) is 15.6. The van der Waals surface area contributed by atoms with Crippen LogP contribution >= 0.6 is 35.0 Å². The highest BCUT2D eigenvalue weighted by Gasteiger charge is 2.36. The summed E-state index contributed by atoms with van der Waals surface area (Å²) in [5, 5.41) is 7.87. The summed E-state index contributed by atoms with van der Waals surface area (Å²) in [6.45, 7) is 0. The van der Waals surface area contributed by atoms with Gasteiger partial charge in [0.25, 0.3) is 0 Å². The van der Waals surface area contributed by atoms with Crippen LogP contribution < -0.4 is 0 Å². The Morgan fingerprint density at radius 3 is 2.25 bits per heavy atom. The van der Waals surface area contributed by atoms with Gasteiger partial charge in [-0.25, -0.2) is 5.01 Å². The van der Waals surface area contributed by atoms with E-state index in [1.165, 1.54) is 0 Å². The van der Waals surface area contributed by atoms with Gasteiger partial charge in [0.2, 0.25) is 0 Å². The van der Waals surface area contributed by atoms with Gasteiger partial charge in [0.15, 0.2) is 5.84 Å². The standard InChI is InChI=1S/C25H17Cl2N3OS/c26-19-10-6-16(7-11-19)14-23-24(28-25(31)32-23)30-22(18-8-12-20(27)13-9-18)15-21(29-30)17-4-2-1-3-5-17/h1-14,22H,15H2/b23-14-/t22-/m1/s1. The summed E-state index contributed by atoms with van der Waals surface area (Å²) in [6.07, 6.45) is 2.64. The molecular weight excluding hydrogens is 461 g/mol. The Labute approximate surface area is 200 Å². The van der Waals surface area contributed by atoms with Crippen LogP contribution in [-0.4, -0.2) is 21.8 Å². The number of amides is 1. The minimum absolute atomic E-state index is 0.0960. The number of thioether (sulfide) groups is 1. The smallest absolute Gasteiger partial charge is 0.259 e. The van der Waals surface area contributed by atoms with E-state index in [0.29, 0.717) is 22.3 Å². The maximum Gasteiger partial charge on any atom is 0.311 e. The molecule has 0 radical (unpaired) electrons. The minimum atomic E-state index is -0.251. The molecule has 7 heteroatoms. The van der Waals surface area contributed by atoms with Crippen molar-refractivity contribution in [1.29, 1.82) is 0 Å². The van der Waals surface area contributed by atoms with Crippen LogP contribution in [0.4, 0.5) is 4.79 Å². The third kappa shape index (κ3) is 4.37. The quantitative estimate of drug-likeness (QED) is 0.393. The Bertz CT molecular complexity index is 1250. The van der Waals surface area contributed by atoms with E-state index in [1.807, 2.05) is 89.9 Å². The lowest BCUT2D eigenvalue weighted by molar-refractivity contribution is 0.267. The second-order valence-electron chi connectivity index (χ2n) is 7.39. The van der Waals surface area contributed by atoms with Crippen molar-refractivity contribution in [3.8, 4) is 0 Å². The molecule has 158 valence electrons. The van der Waals surface area contributed by atoms with Crippen molar-refractivity contribution >= 4 is 57.8 Å². The predicted octanol–water partition coefficient (Wildman–Crippen LogP) is 7.45. The predicted molar refractivity (Wildman–Crippen MR) is 133 cm³/mol. The Morgan fingerprint density at radius 1 is 0.906 bits per heavy atom. The average Bonchev–Trinajstić information content (AvgIpc) is 3.40. The summed E-state index contributed by atoms with van der Waals surface area (Å²) < 4.78 is 0. The highest BCUT2D eigenvalue weighted by atomic mass is 35.5. The number of hydrogen-bond acceptors (Lipinski definition) is 4. The van der Waals surface area contributed by atoms with Crippen molar-refractivity contribution < 1.29 is 4.79 Å². The van der Waals surface area contributed by atoms with E-state index in [2.05, 4.69) is 4.99 Å². The van der Waals surface area contributed by atoms with Gasteiger partial charge in [-0.1, -0.05) is 77.8 Å². The fourth-order valence-corrected chi connectivity index (χ4v) is 4.73. The van der Waals surface area contributed by atoms with Crippen molar-refractivity contribution in [1.82, 2.24) is 5.01 Å². The number of nitrogens with zero attached hydrogens (tertiary/aromatic N) is 3. The highest BCUT2D eigenvalue weighted by Crippen LogP contribution is 2.39. The number of hydrogen-bond donors (Lipinski definition) is 0. The number of aliphatic imine (C=N–C) groups is 1. The van der Waals surface area contributed by atoms with E-state index in [-0.39, 0.29) is 11.3 Å². The molecule has 5 rings (SSSR count). The summed E-state index contributed by atoms with van der Waals surface area (Å²) in [7, 11) is 0. The molecule has 3 aromatic carbocycles.